The van der Waals surface area contributed by atoms with Gasteiger partial charge in [0, 0.05) is 24.9 Å². The van der Waals surface area contributed by atoms with Gasteiger partial charge in [0.25, 0.3) is 5.91 Å². The van der Waals surface area contributed by atoms with Crippen molar-refractivity contribution in [2.24, 2.45) is 5.92 Å². The number of methoxy groups -OCH3 is 1. The Balaban J connectivity index is 2.08. The zero-order valence-electron chi connectivity index (χ0n) is 12.5. The summed E-state index contributed by atoms with van der Waals surface area (Å²) in [5, 5.41) is 6.41. The van der Waals surface area contributed by atoms with Crippen LogP contribution in [0.5, 0.6) is 0 Å². The second kappa shape index (κ2) is 6.75. The third-order valence-corrected chi connectivity index (χ3v) is 3.77. The molecule has 0 fully saturated rings. The summed E-state index contributed by atoms with van der Waals surface area (Å²) in [6.45, 7) is 5.72. The normalized spacial score (nSPS) is 15.4. The molecule has 1 aliphatic rings. The van der Waals surface area contributed by atoms with Crippen LogP contribution in [0.1, 0.15) is 36.2 Å². The van der Waals surface area contributed by atoms with Gasteiger partial charge in [-0.05, 0) is 42.5 Å². The van der Waals surface area contributed by atoms with E-state index < -0.39 is 0 Å². The van der Waals surface area contributed by atoms with Gasteiger partial charge in [-0.15, -0.1) is 0 Å². The number of benzene rings is 1. The number of fused-ring (bicyclic) bond motifs is 1. The maximum atomic E-state index is 12.3. The van der Waals surface area contributed by atoms with Crippen molar-refractivity contribution < 1.29 is 9.53 Å². The molecule has 1 heterocycles. The first-order chi connectivity index (χ1) is 9.61. The predicted molar refractivity (Wildman–Crippen MR) is 81.2 cm³/mol. The lowest BCUT2D eigenvalue weighted by molar-refractivity contribution is 0.0866. The smallest absolute Gasteiger partial charge is 0.251 e. The summed E-state index contributed by atoms with van der Waals surface area (Å²) in [5.74, 6) is 0.326. The third kappa shape index (κ3) is 3.51. The van der Waals surface area contributed by atoms with Crippen LogP contribution >= 0.6 is 0 Å². The third-order valence-electron chi connectivity index (χ3n) is 3.77. The first-order valence-corrected chi connectivity index (χ1v) is 7.28. The highest BCUT2D eigenvalue weighted by atomic mass is 16.5. The van der Waals surface area contributed by atoms with Gasteiger partial charge < -0.3 is 15.4 Å². The van der Waals surface area contributed by atoms with Gasteiger partial charge >= 0.3 is 0 Å². The average Bonchev–Trinajstić information content (AvgIpc) is 2.46. The van der Waals surface area contributed by atoms with E-state index in [-0.39, 0.29) is 11.9 Å². The maximum Gasteiger partial charge on any atom is 0.251 e. The standard InChI is InChI=1S/C16H24N2O2/c1-11(2)15(10-20-3)18-16(19)13-6-7-14-12(9-13)5-4-8-17-14/h6-7,9,11,15,17H,4-5,8,10H2,1-3H3,(H,18,19). The average molecular weight is 276 g/mol. The lowest BCUT2D eigenvalue weighted by atomic mass is 9.99. The number of nitrogens with one attached hydrogen (secondary N) is 2. The molecule has 4 nitrogen and oxygen atoms in total. The molecule has 1 unspecified atom stereocenters. The molecule has 1 aliphatic heterocycles. The molecule has 0 spiro atoms. The second-order valence-corrected chi connectivity index (χ2v) is 5.68. The zero-order chi connectivity index (χ0) is 14.5. The molecule has 0 radical (unpaired) electrons. The number of rotatable bonds is 5. The number of hydrogen-bond acceptors (Lipinski definition) is 3. The van der Waals surface area contributed by atoms with Gasteiger partial charge in [-0.3, -0.25) is 4.79 Å². The lowest BCUT2D eigenvalue weighted by Gasteiger charge is -2.22. The second-order valence-electron chi connectivity index (χ2n) is 5.68. The molecule has 1 atom stereocenters. The van der Waals surface area contributed by atoms with E-state index in [1.807, 2.05) is 18.2 Å². The zero-order valence-corrected chi connectivity index (χ0v) is 12.5. The molecule has 2 rings (SSSR count). The topological polar surface area (TPSA) is 50.4 Å². The van der Waals surface area contributed by atoms with Crippen LogP contribution in [-0.4, -0.2) is 32.2 Å². The van der Waals surface area contributed by atoms with Crippen molar-refractivity contribution in [3.63, 3.8) is 0 Å². The Morgan fingerprint density at radius 2 is 2.25 bits per heavy atom. The Morgan fingerprint density at radius 3 is 2.95 bits per heavy atom. The predicted octanol–water partition coefficient (Wildman–Crippen LogP) is 2.45. The van der Waals surface area contributed by atoms with E-state index in [2.05, 4.69) is 24.5 Å². The summed E-state index contributed by atoms with van der Waals surface area (Å²) < 4.78 is 5.17. The number of hydrogen-bond donors (Lipinski definition) is 2. The van der Waals surface area contributed by atoms with E-state index in [1.165, 1.54) is 5.56 Å². The summed E-state index contributed by atoms with van der Waals surface area (Å²) in [6.07, 6.45) is 2.16. The molecule has 1 aromatic carbocycles. The molecule has 4 heteroatoms. The number of ether oxygens (including phenoxy) is 1. The van der Waals surface area contributed by atoms with Crippen LogP contribution in [0.25, 0.3) is 0 Å². The van der Waals surface area contributed by atoms with Crippen LogP contribution in [0.2, 0.25) is 0 Å². The largest absolute Gasteiger partial charge is 0.385 e. The fourth-order valence-electron chi connectivity index (χ4n) is 2.45. The van der Waals surface area contributed by atoms with Crippen LogP contribution in [0, 0.1) is 5.92 Å². The monoisotopic (exact) mass is 276 g/mol. The summed E-state index contributed by atoms with van der Waals surface area (Å²) in [7, 11) is 1.66. The molecule has 20 heavy (non-hydrogen) atoms. The van der Waals surface area contributed by atoms with E-state index in [0.717, 1.165) is 30.6 Å². The van der Waals surface area contributed by atoms with Gasteiger partial charge in [-0.1, -0.05) is 13.8 Å². The van der Waals surface area contributed by atoms with Crippen molar-refractivity contribution in [3.8, 4) is 0 Å². The van der Waals surface area contributed by atoms with Crippen LogP contribution in [0.3, 0.4) is 0 Å². The van der Waals surface area contributed by atoms with Crippen LogP contribution in [0.15, 0.2) is 18.2 Å². The van der Waals surface area contributed by atoms with E-state index in [1.54, 1.807) is 7.11 Å². The van der Waals surface area contributed by atoms with Gasteiger partial charge in [-0.2, -0.15) is 0 Å². The molecule has 0 saturated carbocycles. The summed E-state index contributed by atoms with van der Waals surface area (Å²) >= 11 is 0. The van der Waals surface area contributed by atoms with Gasteiger partial charge in [-0.25, -0.2) is 0 Å². The molecule has 1 amide bonds. The Morgan fingerprint density at radius 1 is 1.45 bits per heavy atom. The number of carbonyl (C=O) groups excluding carboxylic acids is 1. The van der Waals surface area contributed by atoms with Gasteiger partial charge in [0.05, 0.1) is 12.6 Å². The fourth-order valence-corrected chi connectivity index (χ4v) is 2.45. The highest BCUT2D eigenvalue weighted by molar-refractivity contribution is 5.95. The molecular weight excluding hydrogens is 252 g/mol. The Bertz CT molecular complexity index is 472. The summed E-state index contributed by atoms with van der Waals surface area (Å²) in [4.78, 5) is 12.3. The molecule has 0 bridgehead atoms. The van der Waals surface area contributed by atoms with Gasteiger partial charge in [0.15, 0.2) is 0 Å². The van der Waals surface area contributed by atoms with Gasteiger partial charge in [0.1, 0.15) is 0 Å². The van der Waals surface area contributed by atoms with E-state index in [9.17, 15) is 4.79 Å². The van der Waals surface area contributed by atoms with Crippen molar-refractivity contribution in [1.29, 1.82) is 0 Å². The van der Waals surface area contributed by atoms with Crippen molar-refractivity contribution in [2.45, 2.75) is 32.7 Å². The SMILES string of the molecule is COCC(NC(=O)c1ccc2c(c1)CCCN2)C(C)C. The maximum absolute atomic E-state index is 12.3. The number of carbonyl (C=O) groups is 1. The number of aryl methyl sites for hydroxylation is 1. The first-order valence-electron chi connectivity index (χ1n) is 7.28. The molecule has 0 aliphatic carbocycles. The van der Waals surface area contributed by atoms with Crippen molar-refractivity contribution in [1.82, 2.24) is 5.32 Å². The molecule has 0 saturated heterocycles. The minimum atomic E-state index is -0.0193. The van der Waals surface area contributed by atoms with E-state index in [4.69, 9.17) is 4.74 Å². The van der Waals surface area contributed by atoms with E-state index in [0.29, 0.717) is 12.5 Å². The van der Waals surface area contributed by atoms with Crippen molar-refractivity contribution in [3.05, 3.63) is 29.3 Å². The molecule has 110 valence electrons. The van der Waals surface area contributed by atoms with Crippen molar-refractivity contribution in [2.75, 3.05) is 25.6 Å². The number of anilines is 1. The Kier molecular flexibility index (Phi) is 5.01. The Hall–Kier alpha value is -1.55. The van der Waals surface area contributed by atoms with Crippen molar-refractivity contribution >= 4 is 11.6 Å². The molecule has 1 aromatic rings. The quantitative estimate of drug-likeness (QED) is 0.868. The van der Waals surface area contributed by atoms with Crippen LogP contribution < -0.4 is 10.6 Å². The van der Waals surface area contributed by atoms with Gasteiger partial charge in [0.2, 0.25) is 0 Å². The van der Waals surface area contributed by atoms with Crippen LogP contribution in [-0.2, 0) is 11.2 Å². The summed E-state index contributed by atoms with van der Waals surface area (Å²) in [5.41, 5.74) is 3.12. The minimum Gasteiger partial charge on any atom is -0.385 e. The minimum absolute atomic E-state index is 0.0193. The first kappa shape index (κ1) is 14.9. The summed E-state index contributed by atoms with van der Waals surface area (Å²) in [6, 6.07) is 5.93. The molecular formula is C16H24N2O2. The van der Waals surface area contributed by atoms with Crippen LogP contribution in [0.4, 0.5) is 5.69 Å². The molecule has 0 aromatic heterocycles. The Labute approximate surface area is 120 Å². The molecule has 2 N–H and O–H groups in total. The van der Waals surface area contributed by atoms with E-state index >= 15 is 0 Å². The highest BCUT2D eigenvalue weighted by Crippen LogP contribution is 2.23. The lowest BCUT2D eigenvalue weighted by Crippen LogP contribution is -2.41. The highest BCUT2D eigenvalue weighted by Gasteiger charge is 2.18. The number of amides is 1. The fraction of sp³-hybridized carbons (Fsp3) is 0.562.